The van der Waals surface area contributed by atoms with E-state index in [1.807, 2.05) is 0 Å². The van der Waals surface area contributed by atoms with E-state index in [2.05, 4.69) is 14.5 Å². The number of hydrogen-bond acceptors (Lipinski definition) is 7. The van der Waals surface area contributed by atoms with Crippen molar-refractivity contribution in [3.05, 3.63) is 51.2 Å². The van der Waals surface area contributed by atoms with Crippen LogP contribution in [0.15, 0.2) is 39.9 Å². The molecule has 0 spiro atoms. The highest BCUT2D eigenvalue weighted by atomic mass is 35.5. The average molecular weight is 488 g/mol. The molecule has 0 aliphatic carbocycles. The summed E-state index contributed by atoms with van der Waals surface area (Å²) in [6.07, 6.45) is 1.97. The lowest BCUT2D eigenvalue weighted by atomic mass is 10.3. The predicted molar refractivity (Wildman–Crippen MR) is 128 cm³/mol. The third-order valence-corrected chi connectivity index (χ3v) is 5.85. The van der Waals surface area contributed by atoms with E-state index in [0.717, 1.165) is 50.0 Å². The van der Waals surface area contributed by atoms with E-state index in [9.17, 15) is 18.0 Å². The maximum atomic E-state index is 12.1. The zero-order chi connectivity index (χ0) is 22.6. The van der Waals surface area contributed by atoms with Crippen LogP contribution in [0.3, 0.4) is 0 Å². The van der Waals surface area contributed by atoms with E-state index < -0.39 is 10.0 Å². The van der Waals surface area contributed by atoms with Gasteiger partial charge in [0.05, 0.1) is 12.9 Å². The van der Waals surface area contributed by atoms with E-state index in [4.69, 9.17) is 4.74 Å². The average Bonchev–Trinajstić information content (AvgIpc) is 2.73. The summed E-state index contributed by atoms with van der Waals surface area (Å²) in [6, 6.07) is 8.32. The Balaban J connectivity index is 0.00000363. The van der Waals surface area contributed by atoms with E-state index in [1.165, 1.54) is 17.7 Å². The molecule has 0 unspecified atom stereocenters. The number of aromatic nitrogens is 2. The number of nitrogens with one attached hydrogen (secondary N) is 1. The summed E-state index contributed by atoms with van der Waals surface area (Å²) in [7, 11) is -0.120. The van der Waals surface area contributed by atoms with Crippen LogP contribution in [0.1, 0.15) is 6.42 Å². The van der Waals surface area contributed by atoms with E-state index in [1.54, 1.807) is 31.3 Å². The lowest BCUT2D eigenvalue weighted by Crippen LogP contribution is -2.49. The van der Waals surface area contributed by atoms with Gasteiger partial charge in [-0.15, -0.1) is 12.4 Å². The van der Waals surface area contributed by atoms with Crippen molar-refractivity contribution in [1.29, 1.82) is 0 Å². The van der Waals surface area contributed by atoms with Gasteiger partial charge in [0, 0.05) is 58.6 Å². The normalized spacial score (nSPS) is 14.7. The molecular weight excluding hydrogens is 458 g/mol. The second-order valence-corrected chi connectivity index (χ2v) is 9.42. The molecule has 1 saturated heterocycles. The van der Waals surface area contributed by atoms with Crippen molar-refractivity contribution in [2.75, 3.05) is 55.2 Å². The fourth-order valence-electron chi connectivity index (χ4n) is 3.54. The van der Waals surface area contributed by atoms with Crippen LogP contribution in [0.5, 0.6) is 5.75 Å². The summed E-state index contributed by atoms with van der Waals surface area (Å²) in [5.74, 6) is 1.35. The summed E-state index contributed by atoms with van der Waals surface area (Å²) >= 11 is 0. The first kappa shape index (κ1) is 25.8. The highest BCUT2D eigenvalue weighted by Crippen LogP contribution is 2.17. The summed E-state index contributed by atoms with van der Waals surface area (Å²) in [5.41, 5.74) is -0.110. The van der Waals surface area contributed by atoms with Crippen LogP contribution in [0.25, 0.3) is 0 Å². The Hall–Kier alpha value is -2.50. The lowest BCUT2D eigenvalue weighted by Gasteiger charge is -2.36. The Morgan fingerprint density at radius 2 is 1.62 bits per heavy atom. The van der Waals surface area contributed by atoms with Crippen molar-refractivity contribution in [2.24, 2.45) is 14.1 Å². The second-order valence-electron chi connectivity index (χ2n) is 7.67. The summed E-state index contributed by atoms with van der Waals surface area (Å²) < 4.78 is 33.2. The molecule has 1 N–H and O–H groups in total. The molecule has 0 saturated carbocycles. The number of rotatable bonds is 8. The maximum Gasteiger partial charge on any atom is 0.332 e. The van der Waals surface area contributed by atoms with Crippen molar-refractivity contribution in [3.63, 3.8) is 0 Å². The number of halogens is 1. The number of nitrogens with zero attached hydrogens (tertiary/aromatic N) is 4. The number of anilines is 2. The third-order valence-electron chi connectivity index (χ3n) is 5.24. The maximum absolute atomic E-state index is 12.1. The van der Waals surface area contributed by atoms with Crippen molar-refractivity contribution in [1.82, 2.24) is 14.0 Å². The number of hydrogen-bond donors (Lipinski definition) is 1. The van der Waals surface area contributed by atoms with Gasteiger partial charge in [0.1, 0.15) is 11.6 Å². The summed E-state index contributed by atoms with van der Waals surface area (Å²) in [6.45, 7) is 4.62. The first-order chi connectivity index (χ1) is 14.6. The van der Waals surface area contributed by atoms with Gasteiger partial charge < -0.3 is 9.64 Å². The van der Waals surface area contributed by atoms with Gasteiger partial charge in [-0.25, -0.2) is 13.2 Å². The fourth-order valence-corrected chi connectivity index (χ4v) is 4.10. The molecule has 178 valence electrons. The summed E-state index contributed by atoms with van der Waals surface area (Å²) in [5, 5.41) is 0. The molecule has 0 bridgehead atoms. The van der Waals surface area contributed by atoms with Crippen LogP contribution < -0.4 is 25.6 Å². The molecule has 3 rings (SSSR count). The Bertz CT molecular complexity index is 1120. The highest BCUT2D eigenvalue weighted by Gasteiger charge is 2.20. The largest absolute Gasteiger partial charge is 0.494 e. The van der Waals surface area contributed by atoms with Crippen molar-refractivity contribution < 1.29 is 13.2 Å². The minimum absolute atomic E-state index is 0. The van der Waals surface area contributed by atoms with Crippen molar-refractivity contribution in [2.45, 2.75) is 6.42 Å². The molecule has 0 amide bonds. The molecule has 2 heterocycles. The van der Waals surface area contributed by atoms with Crippen molar-refractivity contribution in [3.8, 4) is 5.75 Å². The van der Waals surface area contributed by atoms with Gasteiger partial charge in [0.15, 0.2) is 0 Å². The molecule has 1 aromatic carbocycles. The fraction of sp³-hybridized carbons (Fsp3) is 0.500. The lowest BCUT2D eigenvalue weighted by molar-refractivity contribution is 0.224. The molecule has 32 heavy (non-hydrogen) atoms. The van der Waals surface area contributed by atoms with E-state index in [0.29, 0.717) is 23.9 Å². The second kappa shape index (κ2) is 10.9. The third kappa shape index (κ3) is 6.75. The molecule has 1 aliphatic heterocycles. The number of ether oxygens (including phenoxy) is 1. The van der Waals surface area contributed by atoms with E-state index >= 15 is 0 Å². The molecule has 1 aliphatic rings. The smallest absolute Gasteiger partial charge is 0.332 e. The van der Waals surface area contributed by atoms with Crippen molar-refractivity contribution >= 4 is 33.9 Å². The minimum Gasteiger partial charge on any atom is -0.494 e. The molecular formula is C20H30ClN5O5S. The monoisotopic (exact) mass is 487 g/mol. The van der Waals surface area contributed by atoms with Gasteiger partial charge in [0.2, 0.25) is 10.0 Å². The van der Waals surface area contributed by atoms with Gasteiger partial charge in [-0.05, 0) is 30.7 Å². The number of sulfonamides is 1. The van der Waals surface area contributed by atoms with Gasteiger partial charge in [0.25, 0.3) is 5.56 Å². The zero-order valence-corrected chi connectivity index (χ0v) is 20.1. The number of benzene rings is 1. The van der Waals surface area contributed by atoms with Crippen LogP contribution in [0.4, 0.5) is 11.5 Å². The van der Waals surface area contributed by atoms with Crippen LogP contribution in [-0.4, -0.2) is 68.0 Å². The SMILES string of the molecule is Cl.Cn1c(N2CCN(CCCOc3ccc(NS(C)(=O)=O)cc3)CC2)cc(=O)n(C)c1=O. The van der Waals surface area contributed by atoms with Crippen LogP contribution in [0, 0.1) is 0 Å². The van der Waals surface area contributed by atoms with Gasteiger partial charge in [-0.2, -0.15) is 0 Å². The molecule has 12 heteroatoms. The highest BCUT2D eigenvalue weighted by molar-refractivity contribution is 7.92. The number of piperazine rings is 1. The quantitative estimate of drug-likeness (QED) is 0.539. The standard InChI is InChI=1S/C20H29N5O5S.ClH/c1-22-18(15-19(26)23(2)20(22)27)25-12-10-24(11-13-25)9-4-14-30-17-7-5-16(6-8-17)21-31(3,28)29;/h5-8,15,21H,4,9-14H2,1-3H3;1H. The van der Waals surface area contributed by atoms with Gasteiger partial charge >= 0.3 is 5.69 Å². The molecule has 0 atom stereocenters. The van der Waals surface area contributed by atoms with Crippen LogP contribution >= 0.6 is 12.4 Å². The van der Waals surface area contributed by atoms with Crippen LogP contribution in [0.2, 0.25) is 0 Å². The Kier molecular flexibility index (Phi) is 8.76. The molecule has 2 aromatic rings. The Labute approximate surface area is 193 Å². The van der Waals surface area contributed by atoms with Crippen LogP contribution in [-0.2, 0) is 24.1 Å². The molecule has 10 nitrogen and oxygen atoms in total. The molecule has 1 fully saturated rings. The predicted octanol–water partition coefficient (Wildman–Crippen LogP) is 0.468. The topological polar surface area (TPSA) is 106 Å². The van der Waals surface area contributed by atoms with Gasteiger partial charge in [-0.3, -0.25) is 23.6 Å². The van der Waals surface area contributed by atoms with E-state index in [-0.39, 0.29) is 23.7 Å². The summed E-state index contributed by atoms with van der Waals surface area (Å²) in [4.78, 5) is 28.5. The minimum atomic E-state index is -3.29. The molecule has 1 aromatic heterocycles. The first-order valence-electron chi connectivity index (χ1n) is 10.1. The Morgan fingerprint density at radius 3 is 2.22 bits per heavy atom. The molecule has 0 radical (unpaired) electrons. The first-order valence-corrected chi connectivity index (χ1v) is 12.0. The zero-order valence-electron chi connectivity index (χ0n) is 18.5. The Morgan fingerprint density at radius 1 is 1.00 bits per heavy atom. The van der Waals surface area contributed by atoms with Gasteiger partial charge in [-0.1, -0.05) is 0 Å².